The number of hydrogen-bond acceptors (Lipinski definition) is 9. The van der Waals surface area contributed by atoms with Crippen LogP contribution >= 0.6 is 23.2 Å². The molecule has 2 saturated heterocycles. The third kappa shape index (κ3) is 6.10. The first-order valence-electron chi connectivity index (χ1n) is 12.0. The molecule has 2 fully saturated rings. The molecule has 206 valence electrons. The second-order valence-electron chi connectivity index (χ2n) is 9.02. The minimum atomic E-state index is -1.70. The maximum atomic E-state index is 15.4. The molecule has 1 aromatic carbocycles. The number of rotatable bonds is 10. The van der Waals surface area contributed by atoms with Gasteiger partial charge in [0, 0.05) is 42.4 Å². The molecule has 1 unspecified atom stereocenters. The minimum Gasteiger partial charge on any atom is -0.382 e. The number of amides is 2. The smallest absolute Gasteiger partial charge is 0.255 e. The van der Waals surface area contributed by atoms with Crippen molar-refractivity contribution in [3.8, 4) is 0 Å². The molecule has 0 saturated carbocycles. The second kappa shape index (κ2) is 12.4. The molecule has 2 aromatic rings. The molecule has 14 heteroatoms. The average molecular weight is 571 g/mol. The lowest BCUT2D eigenvalue weighted by Gasteiger charge is -2.46. The summed E-state index contributed by atoms with van der Waals surface area (Å²) < 4.78 is 31.4. The number of nitrogens with zero attached hydrogens (tertiary/aromatic N) is 3. The summed E-state index contributed by atoms with van der Waals surface area (Å²) in [5, 5.41) is 6.54. The molecule has 38 heavy (non-hydrogen) atoms. The Labute approximate surface area is 229 Å². The van der Waals surface area contributed by atoms with E-state index in [4.69, 9.17) is 43.1 Å². The summed E-state index contributed by atoms with van der Waals surface area (Å²) in [7, 11) is 1.57. The zero-order chi connectivity index (χ0) is 27.3. The van der Waals surface area contributed by atoms with Gasteiger partial charge in [-0.3, -0.25) is 9.59 Å². The van der Waals surface area contributed by atoms with Crippen molar-refractivity contribution in [2.45, 2.75) is 36.9 Å². The van der Waals surface area contributed by atoms with E-state index in [9.17, 15) is 9.59 Å². The van der Waals surface area contributed by atoms with Crippen molar-refractivity contribution >= 4 is 46.5 Å². The molecule has 0 spiro atoms. The third-order valence-electron chi connectivity index (χ3n) is 6.51. The number of carbonyl (C=O) groups is 2. The first-order chi connectivity index (χ1) is 18.2. The molecule has 2 aliphatic rings. The number of carbonyl (C=O) groups excluding carboxylic acids is 2. The molecule has 0 bridgehead atoms. The van der Waals surface area contributed by atoms with Gasteiger partial charge in [-0.2, -0.15) is 0 Å². The van der Waals surface area contributed by atoms with Gasteiger partial charge < -0.3 is 35.5 Å². The largest absolute Gasteiger partial charge is 0.382 e. The molecule has 1 aromatic heterocycles. The molecule has 3 atom stereocenters. The monoisotopic (exact) mass is 570 g/mol. The summed E-state index contributed by atoms with van der Waals surface area (Å²) in [6.07, 6.45) is 1.54. The molecular weight excluding hydrogens is 542 g/mol. The van der Waals surface area contributed by atoms with E-state index in [1.54, 1.807) is 19.2 Å². The van der Waals surface area contributed by atoms with Gasteiger partial charge in [-0.1, -0.05) is 23.2 Å². The normalized spacial score (nSPS) is 23.8. The van der Waals surface area contributed by atoms with Gasteiger partial charge in [-0.05, 0) is 31.0 Å². The number of methoxy groups -OCH3 is 1. The van der Waals surface area contributed by atoms with Gasteiger partial charge in [0.15, 0.2) is 17.2 Å². The molecule has 0 aliphatic carbocycles. The lowest BCUT2D eigenvalue weighted by atomic mass is 9.82. The van der Waals surface area contributed by atoms with E-state index in [0.717, 1.165) is 6.33 Å². The van der Waals surface area contributed by atoms with E-state index in [2.05, 4.69) is 20.6 Å². The highest BCUT2D eigenvalue weighted by Crippen LogP contribution is 2.39. The lowest BCUT2D eigenvalue weighted by Crippen LogP contribution is -2.64. The van der Waals surface area contributed by atoms with Crippen LogP contribution in [0.25, 0.3) is 0 Å². The number of hydrogen-bond donors (Lipinski definition) is 3. The highest BCUT2D eigenvalue weighted by Gasteiger charge is 2.52. The van der Waals surface area contributed by atoms with E-state index in [0.29, 0.717) is 35.4 Å². The van der Waals surface area contributed by atoms with E-state index in [1.807, 2.05) is 0 Å². The fourth-order valence-corrected chi connectivity index (χ4v) is 5.25. The van der Waals surface area contributed by atoms with E-state index < -0.39 is 35.2 Å². The Hall–Kier alpha value is -2.77. The standard InChI is InChI=1S/C24H29Cl2FN6O5/c1-36-5-6-37-13-38-17-10-18(22(34)29-11-17)33-4-2-3-24(23(33)35,20-19(27)21(28)31-12-30-20)32-16-8-14(25)7-15(26)9-16/h7-9,12,17-18,32H,2-6,10-11,13H2,1H3,(H,29,34)(H2,28,30,31)/t17-,18+,24?/m0/s1. The molecule has 4 rings (SSSR count). The van der Waals surface area contributed by atoms with Crippen molar-refractivity contribution in [1.29, 1.82) is 0 Å². The van der Waals surface area contributed by atoms with Crippen LogP contribution in [-0.4, -0.2) is 79.0 Å². The quantitative estimate of drug-likeness (QED) is 0.290. The summed E-state index contributed by atoms with van der Waals surface area (Å²) >= 11 is 12.4. The number of aromatic nitrogens is 2. The van der Waals surface area contributed by atoms with Gasteiger partial charge in [-0.15, -0.1) is 0 Å². The number of likely N-dealkylation sites (tertiary alicyclic amines) is 1. The van der Waals surface area contributed by atoms with E-state index >= 15 is 4.39 Å². The zero-order valence-electron chi connectivity index (χ0n) is 20.7. The predicted molar refractivity (Wildman–Crippen MR) is 138 cm³/mol. The number of benzene rings is 1. The summed E-state index contributed by atoms with van der Waals surface area (Å²) in [4.78, 5) is 36.4. The van der Waals surface area contributed by atoms with Crippen molar-refractivity contribution in [2.75, 3.05) is 51.3 Å². The number of piperidine rings is 2. The second-order valence-corrected chi connectivity index (χ2v) is 9.89. The Morgan fingerprint density at radius 3 is 2.74 bits per heavy atom. The van der Waals surface area contributed by atoms with Crippen molar-refractivity contribution < 1.29 is 28.2 Å². The van der Waals surface area contributed by atoms with Crippen LogP contribution in [0.5, 0.6) is 0 Å². The van der Waals surface area contributed by atoms with Gasteiger partial charge in [0.2, 0.25) is 5.91 Å². The van der Waals surface area contributed by atoms with Gasteiger partial charge in [0.05, 0.1) is 19.3 Å². The van der Waals surface area contributed by atoms with Crippen LogP contribution in [0.1, 0.15) is 25.0 Å². The Bertz CT molecular complexity index is 1160. The van der Waals surface area contributed by atoms with Crippen LogP contribution < -0.4 is 16.4 Å². The van der Waals surface area contributed by atoms with Crippen LogP contribution in [0.15, 0.2) is 24.5 Å². The Balaban J connectivity index is 1.64. The van der Waals surface area contributed by atoms with Crippen LogP contribution in [-0.2, 0) is 29.3 Å². The predicted octanol–water partition coefficient (Wildman–Crippen LogP) is 2.33. The Morgan fingerprint density at radius 2 is 2.00 bits per heavy atom. The highest BCUT2D eigenvalue weighted by molar-refractivity contribution is 6.35. The molecule has 4 N–H and O–H groups in total. The summed E-state index contributed by atoms with van der Waals surface area (Å²) in [5.74, 6) is -2.20. The summed E-state index contributed by atoms with van der Waals surface area (Å²) in [5.41, 5.74) is 4.18. The van der Waals surface area contributed by atoms with Crippen LogP contribution in [0.2, 0.25) is 10.0 Å². The maximum absolute atomic E-state index is 15.4. The minimum absolute atomic E-state index is 0.0109. The molecule has 0 radical (unpaired) electrons. The Morgan fingerprint density at radius 1 is 1.24 bits per heavy atom. The number of ether oxygens (including phenoxy) is 3. The van der Waals surface area contributed by atoms with Crippen molar-refractivity contribution in [1.82, 2.24) is 20.2 Å². The number of nitrogen functional groups attached to an aromatic ring is 1. The molecule has 11 nitrogen and oxygen atoms in total. The zero-order valence-corrected chi connectivity index (χ0v) is 22.2. The van der Waals surface area contributed by atoms with Gasteiger partial charge in [0.25, 0.3) is 5.91 Å². The fraction of sp³-hybridized carbons (Fsp3) is 0.500. The fourth-order valence-electron chi connectivity index (χ4n) is 4.73. The lowest BCUT2D eigenvalue weighted by molar-refractivity contribution is -0.154. The molecule has 2 amide bonds. The number of nitrogens with one attached hydrogen (secondary N) is 2. The highest BCUT2D eigenvalue weighted by atomic mass is 35.5. The average Bonchev–Trinajstić information content (AvgIpc) is 2.87. The molecular formula is C24H29Cl2FN6O5. The van der Waals surface area contributed by atoms with Crippen LogP contribution in [0, 0.1) is 5.82 Å². The third-order valence-corrected chi connectivity index (χ3v) is 6.94. The van der Waals surface area contributed by atoms with Crippen molar-refractivity contribution in [3.05, 3.63) is 46.1 Å². The van der Waals surface area contributed by atoms with Crippen LogP contribution in [0.3, 0.4) is 0 Å². The molecule has 3 heterocycles. The van der Waals surface area contributed by atoms with Gasteiger partial charge >= 0.3 is 0 Å². The van der Waals surface area contributed by atoms with Gasteiger partial charge in [0.1, 0.15) is 24.9 Å². The summed E-state index contributed by atoms with van der Waals surface area (Å²) in [6, 6.07) is 3.80. The topological polar surface area (TPSA) is 141 Å². The van der Waals surface area contributed by atoms with E-state index in [-0.39, 0.29) is 44.3 Å². The van der Waals surface area contributed by atoms with Gasteiger partial charge in [-0.25, -0.2) is 14.4 Å². The van der Waals surface area contributed by atoms with E-state index in [1.165, 1.54) is 11.0 Å². The first kappa shape index (κ1) is 28.2. The number of nitrogens with two attached hydrogens (primary N) is 1. The number of halogens is 3. The SMILES string of the molecule is COCCOCO[C@@H]1CNC(=O)[C@H](N2CCCC(Nc3cc(Cl)cc(Cl)c3)(c3ncnc(N)c3F)C2=O)C1. The maximum Gasteiger partial charge on any atom is 0.255 e. The molecule has 2 aliphatic heterocycles. The number of anilines is 2. The van der Waals surface area contributed by atoms with Crippen molar-refractivity contribution in [2.24, 2.45) is 0 Å². The van der Waals surface area contributed by atoms with Crippen LogP contribution in [0.4, 0.5) is 15.9 Å². The first-order valence-corrected chi connectivity index (χ1v) is 12.8. The van der Waals surface area contributed by atoms with Crippen molar-refractivity contribution in [3.63, 3.8) is 0 Å². The Kier molecular flexibility index (Phi) is 9.21. The summed E-state index contributed by atoms with van der Waals surface area (Å²) in [6.45, 7) is 1.34.